The molecule has 122 valence electrons. The van der Waals surface area contributed by atoms with E-state index in [1.54, 1.807) is 6.07 Å². The Morgan fingerprint density at radius 2 is 2.08 bits per heavy atom. The van der Waals surface area contributed by atoms with Gasteiger partial charge >= 0.3 is 0 Å². The van der Waals surface area contributed by atoms with Crippen molar-refractivity contribution in [3.63, 3.8) is 0 Å². The summed E-state index contributed by atoms with van der Waals surface area (Å²) in [6.45, 7) is 1.63. The Balaban J connectivity index is 1.71. The molecule has 1 heterocycles. The lowest BCUT2D eigenvalue weighted by molar-refractivity contribution is -0.118. The second kappa shape index (κ2) is 6.84. The molecule has 0 unspecified atom stereocenters. The number of para-hydroxylation sites is 1. The van der Waals surface area contributed by atoms with E-state index in [0.29, 0.717) is 11.3 Å². The molecular formula is C18H14ClFN2O2. The van der Waals surface area contributed by atoms with Crippen LogP contribution in [0.1, 0.15) is 5.69 Å². The van der Waals surface area contributed by atoms with Crippen LogP contribution in [-0.2, 0) is 4.79 Å². The largest absolute Gasteiger partial charge is 0.481 e. The van der Waals surface area contributed by atoms with Crippen molar-refractivity contribution in [2.24, 2.45) is 0 Å². The average Bonchev–Trinajstić information content (AvgIpc) is 2.55. The van der Waals surface area contributed by atoms with Crippen molar-refractivity contribution in [2.75, 3.05) is 11.9 Å². The molecule has 1 aromatic heterocycles. The van der Waals surface area contributed by atoms with Crippen molar-refractivity contribution in [3.05, 3.63) is 65.1 Å². The number of hydrogen-bond donors (Lipinski definition) is 1. The van der Waals surface area contributed by atoms with Crippen molar-refractivity contribution < 1.29 is 13.9 Å². The van der Waals surface area contributed by atoms with Gasteiger partial charge in [0, 0.05) is 16.1 Å². The molecule has 4 nitrogen and oxygen atoms in total. The highest BCUT2D eigenvalue weighted by atomic mass is 35.5. The van der Waals surface area contributed by atoms with E-state index < -0.39 is 11.7 Å². The fraction of sp³-hybridized carbons (Fsp3) is 0.111. The van der Waals surface area contributed by atoms with Gasteiger partial charge < -0.3 is 10.1 Å². The van der Waals surface area contributed by atoms with Crippen LogP contribution in [0.5, 0.6) is 5.75 Å². The third-order valence-corrected chi connectivity index (χ3v) is 3.62. The number of hydrogen-bond acceptors (Lipinski definition) is 3. The Bertz CT molecular complexity index is 915. The molecule has 2 aromatic carbocycles. The van der Waals surface area contributed by atoms with E-state index in [0.717, 1.165) is 17.1 Å². The topological polar surface area (TPSA) is 51.2 Å². The first kappa shape index (κ1) is 16.2. The number of amides is 1. The molecule has 0 fully saturated rings. The van der Waals surface area contributed by atoms with E-state index in [1.807, 2.05) is 31.2 Å². The van der Waals surface area contributed by atoms with E-state index >= 15 is 0 Å². The van der Waals surface area contributed by atoms with Crippen LogP contribution in [0.3, 0.4) is 0 Å². The maximum atomic E-state index is 13.7. The van der Waals surface area contributed by atoms with Crippen LogP contribution < -0.4 is 10.1 Å². The second-order valence-electron chi connectivity index (χ2n) is 5.24. The molecule has 0 saturated heterocycles. The van der Waals surface area contributed by atoms with Crippen molar-refractivity contribution in [1.29, 1.82) is 0 Å². The number of pyridine rings is 1. The molecule has 0 aliphatic rings. The van der Waals surface area contributed by atoms with Gasteiger partial charge in [-0.25, -0.2) is 9.37 Å². The fourth-order valence-corrected chi connectivity index (χ4v) is 2.41. The lowest BCUT2D eigenvalue weighted by Crippen LogP contribution is -2.20. The highest BCUT2D eigenvalue weighted by Crippen LogP contribution is 2.24. The summed E-state index contributed by atoms with van der Waals surface area (Å²) in [5, 5.41) is 3.63. The molecule has 0 spiro atoms. The number of halogens is 2. The van der Waals surface area contributed by atoms with Gasteiger partial charge in [-0.05, 0) is 37.3 Å². The summed E-state index contributed by atoms with van der Waals surface area (Å²) in [4.78, 5) is 16.4. The number of aromatic nitrogens is 1. The van der Waals surface area contributed by atoms with Gasteiger partial charge in [-0.15, -0.1) is 0 Å². The SMILES string of the molecule is Cc1ccc2cccc(OCC(=O)Nc3ccc(Cl)cc3F)c2n1. The summed E-state index contributed by atoms with van der Waals surface area (Å²) in [5.74, 6) is -0.567. The lowest BCUT2D eigenvalue weighted by Gasteiger charge is -2.10. The number of benzene rings is 2. The van der Waals surface area contributed by atoms with Crippen molar-refractivity contribution in [2.45, 2.75) is 6.92 Å². The van der Waals surface area contributed by atoms with Gasteiger partial charge in [0.05, 0.1) is 5.69 Å². The first-order chi connectivity index (χ1) is 11.5. The van der Waals surface area contributed by atoms with E-state index in [9.17, 15) is 9.18 Å². The predicted octanol–water partition coefficient (Wildman–Crippen LogP) is 4.35. The number of carbonyl (C=O) groups is 1. The van der Waals surface area contributed by atoms with Gasteiger partial charge in [-0.2, -0.15) is 0 Å². The molecule has 3 rings (SSSR count). The second-order valence-corrected chi connectivity index (χ2v) is 5.68. The predicted molar refractivity (Wildman–Crippen MR) is 92.0 cm³/mol. The summed E-state index contributed by atoms with van der Waals surface area (Å²) in [6.07, 6.45) is 0. The van der Waals surface area contributed by atoms with Crippen LogP contribution in [0.4, 0.5) is 10.1 Å². The molecule has 1 N–H and O–H groups in total. The minimum atomic E-state index is -0.599. The standard InChI is InChI=1S/C18H14ClFN2O2/c1-11-5-6-12-3-2-4-16(18(12)21-11)24-10-17(23)22-15-8-7-13(19)9-14(15)20/h2-9H,10H2,1H3,(H,22,23). The van der Waals surface area contributed by atoms with Crippen LogP contribution in [0.25, 0.3) is 10.9 Å². The zero-order valence-electron chi connectivity index (χ0n) is 12.8. The van der Waals surface area contributed by atoms with E-state index in [-0.39, 0.29) is 17.3 Å². The number of aryl methyl sites for hydroxylation is 1. The minimum Gasteiger partial charge on any atom is -0.481 e. The third-order valence-electron chi connectivity index (χ3n) is 3.39. The molecule has 0 atom stereocenters. The highest BCUT2D eigenvalue weighted by Gasteiger charge is 2.10. The maximum absolute atomic E-state index is 13.7. The number of anilines is 1. The summed E-state index contributed by atoms with van der Waals surface area (Å²) in [5.41, 5.74) is 1.59. The minimum absolute atomic E-state index is 0.0555. The zero-order chi connectivity index (χ0) is 17.1. The van der Waals surface area contributed by atoms with Crippen LogP contribution in [0, 0.1) is 12.7 Å². The normalized spacial score (nSPS) is 10.6. The van der Waals surface area contributed by atoms with Gasteiger partial charge in [0.2, 0.25) is 0 Å². The molecule has 0 bridgehead atoms. The highest BCUT2D eigenvalue weighted by molar-refractivity contribution is 6.30. The average molecular weight is 345 g/mol. The van der Waals surface area contributed by atoms with Crippen molar-refractivity contribution in [1.82, 2.24) is 4.98 Å². The smallest absolute Gasteiger partial charge is 0.262 e. The van der Waals surface area contributed by atoms with Crippen LogP contribution in [-0.4, -0.2) is 17.5 Å². The van der Waals surface area contributed by atoms with E-state index in [1.165, 1.54) is 12.1 Å². The summed E-state index contributed by atoms with van der Waals surface area (Å²) >= 11 is 5.68. The van der Waals surface area contributed by atoms with Gasteiger partial charge in [0.25, 0.3) is 5.91 Å². The van der Waals surface area contributed by atoms with Gasteiger partial charge in [-0.3, -0.25) is 4.79 Å². The summed E-state index contributed by atoms with van der Waals surface area (Å²) < 4.78 is 19.2. The van der Waals surface area contributed by atoms with Crippen LogP contribution in [0.15, 0.2) is 48.5 Å². The van der Waals surface area contributed by atoms with Crippen LogP contribution in [0.2, 0.25) is 5.02 Å². The Kier molecular flexibility index (Phi) is 4.62. The molecule has 24 heavy (non-hydrogen) atoms. The first-order valence-corrected chi connectivity index (χ1v) is 7.65. The number of ether oxygens (including phenoxy) is 1. The molecule has 0 aliphatic heterocycles. The third kappa shape index (κ3) is 3.63. The maximum Gasteiger partial charge on any atom is 0.262 e. The molecule has 6 heteroatoms. The number of nitrogens with one attached hydrogen (secondary N) is 1. The summed E-state index contributed by atoms with van der Waals surface area (Å²) in [6, 6.07) is 13.4. The van der Waals surface area contributed by atoms with Gasteiger partial charge in [0.15, 0.2) is 6.61 Å². The Morgan fingerprint density at radius 3 is 2.88 bits per heavy atom. The molecule has 1 amide bonds. The summed E-state index contributed by atoms with van der Waals surface area (Å²) in [7, 11) is 0. The number of rotatable bonds is 4. The Labute approximate surface area is 143 Å². The van der Waals surface area contributed by atoms with E-state index in [2.05, 4.69) is 10.3 Å². The number of carbonyl (C=O) groups excluding carboxylic acids is 1. The van der Waals surface area contributed by atoms with E-state index in [4.69, 9.17) is 16.3 Å². The van der Waals surface area contributed by atoms with Gasteiger partial charge in [-0.1, -0.05) is 29.8 Å². The molecular weight excluding hydrogens is 331 g/mol. The fourth-order valence-electron chi connectivity index (χ4n) is 2.25. The molecule has 0 saturated carbocycles. The number of nitrogens with zero attached hydrogens (tertiary/aromatic N) is 1. The van der Waals surface area contributed by atoms with Gasteiger partial charge in [0.1, 0.15) is 17.1 Å². The quantitative estimate of drug-likeness (QED) is 0.765. The monoisotopic (exact) mass is 344 g/mol. The number of fused-ring (bicyclic) bond motifs is 1. The molecule has 3 aromatic rings. The molecule has 0 radical (unpaired) electrons. The Hall–Kier alpha value is -2.66. The molecule has 0 aliphatic carbocycles. The van der Waals surface area contributed by atoms with Crippen molar-refractivity contribution >= 4 is 34.1 Å². The Morgan fingerprint density at radius 1 is 1.25 bits per heavy atom. The lowest BCUT2D eigenvalue weighted by atomic mass is 10.2. The zero-order valence-corrected chi connectivity index (χ0v) is 13.6. The van der Waals surface area contributed by atoms with Crippen molar-refractivity contribution in [3.8, 4) is 5.75 Å². The first-order valence-electron chi connectivity index (χ1n) is 7.27. The van der Waals surface area contributed by atoms with Crippen LogP contribution >= 0.6 is 11.6 Å².